The number of carboxylic acid groups (broad SMARTS) is 1. The molecule has 2 N–H and O–H groups in total. The number of aliphatic carboxylic acids is 1. The number of piperidine rings is 1. The largest absolute Gasteiger partial charge is 0.481 e. The normalized spacial score (nSPS) is 21.1. The minimum atomic E-state index is -0.730. The summed E-state index contributed by atoms with van der Waals surface area (Å²) in [6, 6.07) is 0. The first-order valence-electron chi connectivity index (χ1n) is 6.29. The lowest BCUT2D eigenvalue weighted by Gasteiger charge is -2.31. The van der Waals surface area contributed by atoms with Gasteiger partial charge in [0.05, 0.1) is 5.92 Å². The summed E-state index contributed by atoms with van der Waals surface area (Å²) in [6.45, 7) is 2.74. The van der Waals surface area contributed by atoms with Crippen LogP contribution in [-0.2, 0) is 9.59 Å². The molecular weight excluding hydrogens is 220 g/mol. The van der Waals surface area contributed by atoms with Gasteiger partial charge in [-0.25, -0.2) is 0 Å². The fourth-order valence-corrected chi connectivity index (χ4v) is 2.29. The van der Waals surface area contributed by atoms with E-state index in [9.17, 15) is 9.59 Å². The molecule has 1 aliphatic heterocycles. The van der Waals surface area contributed by atoms with Crippen molar-refractivity contribution in [2.24, 2.45) is 5.92 Å². The summed E-state index contributed by atoms with van der Waals surface area (Å²) in [7, 11) is 1.67. The third-order valence-corrected chi connectivity index (χ3v) is 3.24. The zero-order chi connectivity index (χ0) is 12.7. The highest BCUT2D eigenvalue weighted by Crippen LogP contribution is 2.17. The van der Waals surface area contributed by atoms with Crippen LogP contribution < -0.4 is 5.32 Å². The highest BCUT2D eigenvalue weighted by Gasteiger charge is 2.24. The molecule has 98 valence electrons. The van der Waals surface area contributed by atoms with Crippen LogP contribution in [-0.4, -0.2) is 48.6 Å². The van der Waals surface area contributed by atoms with Crippen molar-refractivity contribution in [1.82, 2.24) is 10.2 Å². The van der Waals surface area contributed by atoms with Gasteiger partial charge in [0, 0.05) is 20.0 Å². The summed E-state index contributed by atoms with van der Waals surface area (Å²) in [5.74, 6) is -0.500. The second-order valence-electron chi connectivity index (χ2n) is 4.60. The first-order valence-corrected chi connectivity index (χ1v) is 6.29. The molecule has 1 unspecified atom stereocenters. The third-order valence-electron chi connectivity index (χ3n) is 3.24. The Hall–Kier alpha value is -1.10. The van der Waals surface area contributed by atoms with E-state index >= 15 is 0 Å². The van der Waals surface area contributed by atoms with Crippen LogP contribution in [0.25, 0.3) is 0 Å². The second-order valence-corrected chi connectivity index (χ2v) is 4.60. The van der Waals surface area contributed by atoms with Crippen molar-refractivity contribution in [2.45, 2.75) is 32.1 Å². The predicted octanol–water partition coefficient (Wildman–Crippen LogP) is 0.699. The third kappa shape index (κ3) is 5.17. The number of carboxylic acids is 1. The average Bonchev–Trinajstić information content (AvgIpc) is 2.34. The minimum absolute atomic E-state index is 0.105. The Kier molecular flexibility index (Phi) is 5.97. The molecule has 0 aliphatic carbocycles. The van der Waals surface area contributed by atoms with E-state index in [0.29, 0.717) is 0 Å². The Balaban J connectivity index is 2.20. The topological polar surface area (TPSA) is 69.6 Å². The van der Waals surface area contributed by atoms with Gasteiger partial charge in [0.1, 0.15) is 0 Å². The summed E-state index contributed by atoms with van der Waals surface area (Å²) in [4.78, 5) is 24.1. The summed E-state index contributed by atoms with van der Waals surface area (Å²) in [5, 5.41) is 11.2. The number of carbonyl (C=O) groups is 2. The maximum Gasteiger partial charge on any atom is 0.303 e. The molecule has 5 nitrogen and oxygen atoms in total. The molecule has 0 saturated carbocycles. The number of unbranched alkanes of at least 4 members (excludes halogenated alkanes) is 1. The van der Waals surface area contributed by atoms with Gasteiger partial charge in [-0.2, -0.15) is 0 Å². The second kappa shape index (κ2) is 7.27. The van der Waals surface area contributed by atoms with Gasteiger partial charge in [-0.1, -0.05) is 0 Å². The Morgan fingerprint density at radius 3 is 2.82 bits per heavy atom. The molecule has 0 aromatic heterocycles. The van der Waals surface area contributed by atoms with Crippen LogP contribution in [0.2, 0.25) is 0 Å². The van der Waals surface area contributed by atoms with E-state index in [1.807, 2.05) is 0 Å². The van der Waals surface area contributed by atoms with Gasteiger partial charge in [-0.05, 0) is 38.8 Å². The number of nitrogens with zero attached hydrogens (tertiary/aromatic N) is 1. The van der Waals surface area contributed by atoms with E-state index < -0.39 is 5.97 Å². The Morgan fingerprint density at radius 2 is 2.18 bits per heavy atom. The van der Waals surface area contributed by atoms with Gasteiger partial charge < -0.3 is 15.3 Å². The molecule has 0 aromatic rings. The fourth-order valence-electron chi connectivity index (χ4n) is 2.29. The van der Waals surface area contributed by atoms with Gasteiger partial charge in [-0.3, -0.25) is 9.59 Å². The Morgan fingerprint density at radius 1 is 1.41 bits per heavy atom. The zero-order valence-electron chi connectivity index (χ0n) is 10.4. The van der Waals surface area contributed by atoms with Crippen molar-refractivity contribution in [3.05, 3.63) is 0 Å². The summed E-state index contributed by atoms with van der Waals surface area (Å²) < 4.78 is 0. The lowest BCUT2D eigenvalue weighted by Crippen LogP contribution is -2.42. The minimum Gasteiger partial charge on any atom is -0.481 e. The van der Waals surface area contributed by atoms with E-state index in [1.165, 1.54) is 0 Å². The number of likely N-dealkylation sites (tertiary alicyclic amines) is 1. The molecule has 5 heteroatoms. The lowest BCUT2D eigenvalue weighted by molar-refractivity contribution is -0.137. The van der Waals surface area contributed by atoms with Crippen LogP contribution in [0.5, 0.6) is 0 Å². The van der Waals surface area contributed by atoms with Gasteiger partial charge >= 0.3 is 5.97 Å². The molecule has 0 bridgehead atoms. The smallest absolute Gasteiger partial charge is 0.303 e. The molecule has 1 rings (SSSR count). The predicted molar refractivity (Wildman–Crippen MR) is 64.7 cm³/mol. The van der Waals surface area contributed by atoms with Gasteiger partial charge in [0.25, 0.3) is 0 Å². The maximum atomic E-state index is 11.5. The molecule has 1 heterocycles. The maximum absolute atomic E-state index is 11.5. The van der Waals surface area contributed by atoms with E-state index in [-0.39, 0.29) is 18.2 Å². The number of carbonyl (C=O) groups excluding carboxylic acids is 1. The summed E-state index contributed by atoms with van der Waals surface area (Å²) >= 11 is 0. The molecular formula is C12H22N2O3. The first kappa shape index (κ1) is 14.0. The average molecular weight is 242 g/mol. The van der Waals surface area contributed by atoms with Crippen LogP contribution >= 0.6 is 0 Å². The SMILES string of the molecule is CNC(=O)C1CCCN(CCCCC(=O)O)C1. The zero-order valence-corrected chi connectivity index (χ0v) is 10.4. The van der Waals surface area contributed by atoms with E-state index in [4.69, 9.17) is 5.11 Å². The Labute approximate surface area is 102 Å². The van der Waals surface area contributed by atoms with Crippen molar-refractivity contribution in [1.29, 1.82) is 0 Å². The van der Waals surface area contributed by atoms with E-state index in [2.05, 4.69) is 10.2 Å². The van der Waals surface area contributed by atoms with Crippen LogP contribution in [0, 0.1) is 5.92 Å². The molecule has 1 aliphatic rings. The molecule has 1 amide bonds. The van der Waals surface area contributed by atoms with Gasteiger partial charge in [-0.15, -0.1) is 0 Å². The standard InChI is InChI=1S/C12H22N2O3/c1-13-12(17)10-5-4-8-14(9-10)7-3-2-6-11(15)16/h10H,2-9H2,1H3,(H,13,17)(H,15,16). The molecule has 0 spiro atoms. The summed E-state index contributed by atoms with van der Waals surface area (Å²) in [6.07, 6.45) is 3.87. The van der Waals surface area contributed by atoms with Crippen molar-refractivity contribution >= 4 is 11.9 Å². The number of rotatable bonds is 6. The monoisotopic (exact) mass is 242 g/mol. The molecule has 1 fully saturated rings. The molecule has 1 saturated heterocycles. The highest BCUT2D eigenvalue weighted by molar-refractivity contribution is 5.78. The van der Waals surface area contributed by atoms with Crippen LogP contribution in [0.4, 0.5) is 0 Å². The van der Waals surface area contributed by atoms with E-state index in [1.54, 1.807) is 7.05 Å². The van der Waals surface area contributed by atoms with Crippen molar-refractivity contribution in [3.63, 3.8) is 0 Å². The van der Waals surface area contributed by atoms with Gasteiger partial charge in [0.15, 0.2) is 0 Å². The number of hydrogen-bond donors (Lipinski definition) is 2. The molecule has 0 aromatic carbocycles. The quantitative estimate of drug-likeness (QED) is 0.673. The number of amides is 1. The van der Waals surface area contributed by atoms with Crippen LogP contribution in [0.1, 0.15) is 32.1 Å². The first-order chi connectivity index (χ1) is 8.13. The lowest BCUT2D eigenvalue weighted by atomic mass is 9.97. The van der Waals surface area contributed by atoms with Crippen molar-refractivity contribution < 1.29 is 14.7 Å². The molecule has 0 radical (unpaired) electrons. The van der Waals surface area contributed by atoms with Crippen LogP contribution in [0.15, 0.2) is 0 Å². The number of nitrogens with one attached hydrogen (secondary N) is 1. The van der Waals surface area contributed by atoms with E-state index in [0.717, 1.165) is 45.3 Å². The number of hydrogen-bond acceptors (Lipinski definition) is 3. The summed E-state index contributed by atoms with van der Waals surface area (Å²) in [5.41, 5.74) is 0. The molecule has 17 heavy (non-hydrogen) atoms. The molecule has 1 atom stereocenters. The van der Waals surface area contributed by atoms with Crippen LogP contribution in [0.3, 0.4) is 0 Å². The fraction of sp³-hybridized carbons (Fsp3) is 0.833. The highest BCUT2D eigenvalue weighted by atomic mass is 16.4. The van der Waals surface area contributed by atoms with Crippen molar-refractivity contribution in [3.8, 4) is 0 Å². The van der Waals surface area contributed by atoms with Crippen molar-refractivity contribution in [2.75, 3.05) is 26.7 Å². The Bertz CT molecular complexity index is 268. The van der Waals surface area contributed by atoms with Gasteiger partial charge in [0.2, 0.25) is 5.91 Å².